The quantitative estimate of drug-likeness (QED) is 0.582. The zero-order valence-corrected chi connectivity index (χ0v) is 6.82. The summed E-state index contributed by atoms with van der Waals surface area (Å²) in [7, 11) is 0. The molecule has 4 heteroatoms. The zero-order chi connectivity index (χ0) is 8.55. The monoisotopic (exact) mass is 171 g/mol. The summed E-state index contributed by atoms with van der Waals surface area (Å²) in [5.74, 6) is -0.736. The van der Waals surface area contributed by atoms with Crippen molar-refractivity contribution < 1.29 is 14.6 Å². The van der Waals surface area contributed by atoms with Crippen LogP contribution in [0.4, 0.5) is 0 Å². The van der Waals surface area contributed by atoms with Crippen LogP contribution in [0.3, 0.4) is 0 Å². The number of aliphatic carboxylic acids is 1. The topological polar surface area (TPSA) is 58.6 Å². The first-order chi connectivity index (χ1) is 5.77. The Labute approximate surface area is 70.9 Å². The minimum Gasteiger partial charge on any atom is -0.480 e. The second-order valence-electron chi connectivity index (χ2n) is 3.44. The number of fused-ring (bicyclic) bond motifs is 1. The van der Waals surface area contributed by atoms with Crippen molar-refractivity contribution in [1.29, 1.82) is 0 Å². The average Bonchev–Trinajstić information content (AvgIpc) is 2.49. The van der Waals surface area contributed by atoms with Crippen molar-refractivity contribution in [2.75, 3.05) is 6.61 Å². The molecular formula is C8H13NO3. The molecule has 2 rings (SSSR count). The Balaban J connectivity index is 1.96. The highest BCUT2D eigenvalue weighted by molar-refractivity contribution is 5.73. The Hall–Kier alpha value is -0.610. The van der Waals surface area contributed by atoms with Crippen LogP contribution in [0.2, 0.25) is 0 Å². The Morgan fingerprint density at radius 1 is 1.42 bits per heavy atom. The second kappa shape index (κ2) is 3.03. The van der Waals surface area contributed by atoms with Crippen LogP contribution in [0.1, 0.15) is 19.3 Å². The first-order valence-electron chi connectivity index (χ1n) is 4.38. The number of carbonyl (C=O) groups is 1. The third-order valence-electron chi connectivity index (χ3n) is 2.66. The predicted octanol–water partition coefficient (Wildman–Crippen LogP) is -0.0195. The number of hydrogen-bond donors (Lipinski definition) is 2. The predicted molar refractivity (Wildman–Crippen MR) is 41.9 cm³/mol. The molecule has 0 unspecified atom stereocenters. The largest absolute Gasteiger partial charge is 0.480 e. The van der Waals surface area contributed by atoms with Crippen molar-refractivity contribution in [1.82, 2.24) is 5.32 Å². The normalized spacial score (nSPS) is 40.8. The summed E-state index contributed by atoms with van der Waals surface area (Å²) in [6.45, 7) is 0.772. The van der Waals surface area contributed by atoms with Crippen molar-refractivity contribution in [3.63, 3.8) is 0 Å². The maximum atomic E-state index is 10.6. The van der Waals surface area contributed by atoms with Crippen molar-refractivity contribution in [3.8, 4) is 0 Å². The van der Waals surface area contributed by atoms with Crippen LogP contribution in [0.15, 0.2) is 0 Å². The van der Waals surface area contributed by atoms with Crippen molar-refractivity contribution in [2.45, 2.75) is 37.5 Å². The van der Waals surface area contributed by atoms with Crippen LogP contribution in [0.5, 0.6) is 0 Å². The van der Waals surface area contributed by atoms with Gasteiger partial charge in [0.05, 0.1) is 6.10 Å². The summed E-state index contributed by atoms with van der Waals surface area (Å²) >= 11 is 0. The molecule has 4 nitrogen and oxygen atoms in total. The molecule has 2 aliphatic heterocycles. The molecular weight excluding hydrogens is 158 g/mol. The van der Waals surface area contributed by atoms with E-state index in [1.165, 1.54) is 0 Å². The van der Waals surface area contributed by atoms with Crippen LogP contribution in [-0.4, -0.2) is 35.9 Å². The van der Waals surface area contributed by atoms with Gasteiger partial charge in [-0.05, 0) is 19.3 Å². The van der Waals surface area contributed by atoms with Gasteiger partial charge in [-0.15, -0.1) is 0 Å². The average molecular weight is 171 g/mol. The van der Waals surface area contributed by atoms with E-state index in [1.54, 1.807) is 0 Å². The number of rotatable bonds is 1. The van der Waals surface area contributed by atoms with Gasteiger partial charge in [0.25, 0.3) is 0 Å². The molecule has 0 aromatic heterocycles. The van der Waals surface area contributed by atoms with Crippen LogP contribution in [-0.2, 0) is 9.53 Å². The van der Waals surface area contributed by atoms with E-state index in [0.717, 1.165) is 19.4 Å². The van der Waals surface area contributed by atoms with Gasteiger partial charge >= 0.3 is 5.97 Å². The fraction of sp³-hybridized carbons (Fsp3) is 0.875. The molecule has 2 fully saturated rings. The molecule has 0 saturated carbocycles. The summed E-state index contributed by atoms with van der Waals surface area (Å²) < 4.78 is 5.43. The standard InChI is InChI=1S/C8H13NO3/c10-8(11)6-1-2-7-5(9-6)3-4-12-7/h5-7,9H,1-4H2,(H,10,11)/t5-,6-,7-/m0/s1. The lowest BCUT2D eigenvalue weighted by Crippen LogP contribution is -2.51. The third-order valence-corrected chi connectivity index (χ3v) is 2.66. The van der Waals surface area contributed by atoms with Gasteiger partial charge in [0, 0.05) is 12.6 Å². The first kappa shape index (κ1) is 8.01. The molecule has 12 heavy (non-hydrogen) atoms. The molecule has 2 aliphatic rings. The van der Waals surface area contributed by atoms with Crippen LogP contribution >= 0.6 is 0 Å². The maximum absolute atomic E-state index is 10.6. The molecule has 0 aromatic carbocycles. The number of carboxylic acids is 1. The molecule has 0 radical (unpaired) electrons. The van der Waals surface area contributed by atoms with Gasteiger partial charge in [0.2, 0.25) is 0 Å². The Morgan fingerprint density at radius 2 is 2.25 bits per heavy atom. The molecule has 2 N–H and O–H groups in total. The Morgan fingerprint density at radius 3 is 3.00 bits per heavy atom. The van der Waals surface area contributed by atoms with E-state index in [2.05, 4.69) is 5.32 Å². The van der Waals surface area contributed by atoms with E-state index in [4.69, 9.17) is 9.84 Å². The minimum absolute atomic E-state index is 0.264. The highest BCUT2D eigenvalue weighted by Crippen LogP contribution is 2.24. The number of hydrogen-bond acceptors (Lipinski definition) is 3. The van der Waals surface area contributed by atoms with Gasteiger partial charge < -0.3 is 9.84 Å². The van der Waals surface area contributed by atoms with Gasteiger partial charge in [0.1, 0.15) is 6.04 Å². The molecule has 2 heterocycles. The fourth-order valence-corrected chi connectivity index (χ4v) is 1.99. The maximum Gasteiger partial charge on any atom is 0.320 e. The molecule has 0 amide bonds. The summed E-state index contributed by atoms with van der Waals surface area (Å²) in [5.41, 5.74) is 0. The van der Waals surface area contributed by atoms with Crippen molar-refractivity contribution >= 4 is 5.97 Å². The van der Waals surface area contributed by atoms with E-state index in [1.807, 2.05) is 0 Å². The minimum atomic E-state index is -0.736. The molecule has 0 bridgehead atoms. The lowest BCUT2D eigenvalue weighted by atomic mass is 9.96. The molecule has 0 spiro atoms. The van der Waals surface area contributed by atoms with Gasteiger partial charge in [-0.1, -0.05) is 0 Å². The lowest BCUT2D eigenvalue weighted by Gasteiger charge is -2.29. The SMILES string of the molecule is O=C(O)[C@@H]1CC[C@@H]2OCC[C@@H]2N1. The molecule has 0 aliphatic carbocycles. The summed E-state index contributed by atoms with van der Waals surface area (Å²) in [6, 6.07) is -0.0761. The van der Waals surface area contributed by atoms with Gasteiger partial charge in [0.15, 0.2) is 0 Å². The number of ether oxygens (including phenoxy) is 1. The van der Waals surface area contributed by atoms with E-state index >= 15 is 0 Å². The molecule has 0 aromatic rings. The van der Waals surface area contributed by atoms with Crippen LogP contribution in [0.25, 0.3) is 0 Å². The van der Waals surface area contributed by atoms with E-state index in [0.29, 0.717) is 6.42 Å². The highest BCUT2D eigenvalue weighted by Gasteiger charge is 2.36. The van der Waals surface area contributed by atoms with E-state index < -0.39 is 5.97 Å². The van der Waals surface area contributed by atoms with Crippen LogP contribution in [0, 0.1) is 0 Å². The van der Waals surface area contributed by atoms with Crippen LogP contribution < -0.4 is 5.32 Å². The van der Waals surface area contributed by atoms with Crippen molar-refractivity contribution in [3.05, 3.63) is 0 Å². The Bertz CT molecular complexity index is 195. The van der Waals surface area contributed by atoms with Crippen molar-refractivity contribution in [2.24, 2.45) is 0 Å². The summed E-state index contributed by atoms with van der Waals surface area (Å²) in [6.07, 6.45) is 2.79. The number of carboxylic acid groups (broad SMARTS) is 1. The highest BCUT2D eigenvalue weighted by atomic mass is 16.5. The van der Waals surface area contributed by atoms with E-state index in [-0.39, 0.29) is 18.2 Å². The summed E-state index contributed by atoms with van der Waals surface area (Å²) in [4.78, 5) is 10.6. The number of piperidine rings is 1. The molecule has 2 saturated heterocycles. The fourth-order valence-electron chi connectivity index (χ4n) is 1.99. The van der Waals surface area contributed by atoms with Gasteiger partial charge in [-0.2, -0.15) is 0 Å². The zero-order valence-electron chi connectivity index (χ0n) is 6.82. The summed E-state index contributed by atoms with van der Waals surface area (Å²) in [5, 5.41) is 11.8. The first-order valence-corrected chi connectivity index (χ1v) is 4.38. The molecule has 3 atom stereocenters. The smallest absolute Gasteiger partial charge is 0.320 e. The second-order valence-corrected chi connectivity index (χ2v) is 3.44. The lowest BCUT2D eigenvalue weighted by molar-refractivity contribution is -0.140. The van der Waals surface area contributed by atoms with Gasteiger partial charge in [-0.3, -0.25) is 10.1 Å². The number of nitrogens with one attached hydrogen (secondary N) is 1. The Kier molecular flexibility index (Phi) is 2.02. The van der Waals surface area contributed by atoms with Gasteiger partial charge in [-0.25, -0.2) is 0 Å². The van der Waals surface area contributed by atoms with E-state index in [9.17, 15) is 4.79 Å². The third kappa shape index (κ3) is 1.32. The molecule has 68 valence electrons.